The Morgan fingerprint density at radius 3 is 2.69 bits per heavy atom. The number of benzene rings is 1. The SMILES string of the molecule is Nc1cc2c3c(c1S)OP(=O)(O2)O3. The molecule has 1 atom stereocenters. The zero-order chi connectivity index (χ0) is 9.22. The van der Waals surface area contributed by atoms with E-state index in [1.54, 1.807) is 0 Å². The Balaban J connectivity index is 2.39. The van der Waals surface area contributed by atoms with Crippen LogP contribution in [0.3, 0.4) is 0 Å². The Morgan fingerprint density at radius 1 is 1.31 bits per heavy atom. The van der Waals surface area contributed by atoms with Crippen LogP contribution in [0.4, 0.5) is 5.69 Å². The van der Waals surface area contributed by atoms with Gasteiger partial charge in [-0.2, -0.15) is 4.57 Å². The molecule has 0 saturated heterocycles. The summed E-state index contributed by atoms with van der Waals surface area (Å²) in [7, 11) is -3.40. The first-order chi connectivity index (χ1) is 6.09. The van der Waals surface area contributed by atoms with Gasteiger partial charge in [0.15, 0.2) is 11.5 Å². The van der Waals surface area contributed by atoms with Crippen LogP contribution in [0.2, 0.25) is 0 Å². The molecule has 0 radical (unpaired) electrons. The number of nitrogen functional groups attached to an aromatic ring is 1. The van der Waals surface area contributed by atoms with E-state index in [0.29, 0.717) is 27.8 Å². The largest absolute Gasteiger partial charge is 0.647 e. The maximum absolute atomic E-state index is 11.4. The van der Waals surface area contributed by atoms with Crippen LogP contribution in [-0.4, -0.2) is 0 Å². The number of hydrogen-bond acceptors (Lipinski definition) is 6. The first kappa shape index (κ1) is 7.41. The van der Waals surface area contributed by atoms with Crippen LogP contribution in [0.1, 0.15) is 0 Å². The Bertz CT molecular complexity index is 468. The standard InChI is InChI=1S/C6H4NO4PS/c7-2-1-3-4-5(6(2)13)11-12(8,9-3)10-4/h1,13H,7H2. The van der Waals surface area contributed by atoms with Crippen LogP contribution in [0.5, 0.6) is 17.2 Å². The molecule has 2 N–H and O–H groups in total. The minimum Gasteiger partial charge on any atom is -0.398 e. The number of rotatable bonds is 0. The molecular formula is C6H4NO4PS. The Kier molecular flexibility index (Phi) is 1.09. The van der Waals surface area contributed by atoms with E-state index in [-0.39, 0.29) is 0 Å². The van der Waals surface area contributed by atoms with Crippen molar-refractivity contribution in [1.82, 2.24) is 0 Å². The fraction of sp³-hybridized carbons (Fsp3) is 0. The maximum Gasteiger partial charge on any atom is 0.647 e. The third-order valence-electron chi connectivity index (χ3n) is 1.82. The highest BCUT2D eigenvalue weighted by Crippen LogP contribution is 2.70. The summed E-state index contributed by atoms with van der Waals surface area (Å²) in [5, 5.41) is 0. The molecule has 3 rings (SSSR count). The lowest BCUT2D eigenvalue weighted by Gasteiger charge is -2.11. The molecule has 0 aliphatic carbocycles. The van der Waals surface area contributed by atoms with Gasteiger partial charge in [-0.25, -0.2) is 0 Å². The zero-order valence-corrected chi connectivity index (χ0v) is 7.97. The Labute approximate surface area is 78.8 Å². The second-order valence-electron chi connectivity index (χ2n) is 2.69. The van der Waals surface area contributed by atoms with Crippen molar-refractivity contribution in [2.45, 2.75) is 4.90 Å². The summed E-state index contributed by atoms with van der Waals surface area (Å²) >= 11 is 4.10. The van der Waals surface area contributed by atoms with Gasteiger partial charge in [-0.1, -0.05) is 0 Å². The van der Waals surface area contributed by atoms with Crippen molar-refractivity contribution in [1.29, 1.82) is 0 Å². The van der Waals surface area contributed by atoms with Crippen LogP contribution in [-0.2, 0) is 4.57 Å². The zero-order valence-electron chi connectivity index (χ0n) is 6.18. The molecule has 2 bridgehead atoms. The summed E-state index contributed by atoms with van der Waals surface area (Å²) in [4.78, 5) is 0.430. The molecule has 1 unspecified atom stereocenters. The predicted molar refractivity (Wildman–Crippen MR) is 47.6 cm³/mol. The molecular weight excluding hydrogens is 213 g/mol. The van der Waals surface area contributed by atoms with E-state index < -0.39 is 7.82 Å². The van der Waals surface area contributed by atoms with Gasteiger partial charge >= 0.3 is 7.82 Å². The quantitative estimate of drug-likeness (QED) is 0.394. The first-order valence-electron chi connectivity index (χ1n) is 3.43. The van der Waals surface area contributed by atoms with Crippen molar-refractivity contribution < 1.29 is 18.1 Å². The molecule has 68 valence electrons. The van der Waals surface area contributed by atoms with Gasteiger partial charge in [-0.05, 0) is 0 Å². The second kappa shape index (κ2) is 1.91. The number of hydrogen-bond donors (Lipinski definition) is 2. The van der Waals surface area contributed by atoms with E-state index >= 15 is 0 Å². The van der Waals surface area contributed by atoms with E-state index in [4.69, 9.17) is 19.3 Å². The number of phosphoric ester groups is 1. The van der Waals surface area contributed by atoms with Gasteiger partial charge in [0.25, 0.3) is 0 Å². The number of fused-ring (bicyclic) bond motifs is 1. The Hall–Kier alpha value is -1.00. The molecule has 13 heavy (non-hydrogen) atoms. The molecule has 5 nitrogen and oxygen atoms in total. The van der Waals surface area contributed by atoms with Crippen molar-refractivity contribution in [2.75, 3.05) is 5.73 Å². The van der Waals surface area contributed by atoms with Crippen LogP contribution < -0.4 is 19.3 Å². The lowest BCUT2D eigenvalue weighted by Crippen LogP contribution is -1.99. The molecule has 1 aromatic rings. The number of nitrogens with two attached hydrogens (primary N) is 1. The van der Waals surface area contributed by atoms with Gasteiger partial charge in [0.2, 0.25) is 5.75 Å². The summed E-state index contributed by atoms with van der Waals surface area (Å²) in [5.74, 6) is 1.01. The highest BCUT2D eigenvalue weighted by molar-refractivity contribution is 7.80. The molecule has 2 heterocycles. The van der Waals surface area contributed by atoms with Gasteiger partial charge < -0.3 is 19.3 Å². The molecule has 2 aliphatic heterocycles. The second-order valence-corrected chi connectivity index (χ2v) is 4.58. The molecule has 0 fully saturated rings. The molecule has 1 aromatic carbocycles. The highest BCUT2D eigenvalue weighted by Gasteiger charge is 2.51. The van der Waals surface area contributed by atoms with Crippen molar-refractivity contribution >= 4 is 26.1 Å². The van der Waals surface area contributed by atoms with Gasteiger partial charge in [0.05, 0.1) is 10.6 Å². The third kappa shape index (κ3) is 0.771. The van der Waals surface area contributed by atoms with Crippen molar-refractivity contribution in [3.63, 3.8) is 0 Å². The van der Waals surface area contributed by atoms with Crippen LogP contribution in [0.15, 0.2) is 11.0 Å². The van der Waals surface area contributed by atoms with E-state index in [1.165, 1.54) is 6.07 Å². The number of phosphoric acid groups is 1. The van der Waals surface area contributed by atoms with Crippen LogP contribution >= 0.6 is 20.5 Å². The topological polar surface area (TPSA) is 70.8 Å². The van der Waals surface area contributed by atoms with Crippen molar-refractivity contribution in [3.05, 3.63) is 6.07 Å². The monoisotopic (exact) mass is 217 g/mol. The number of anilines is 1. The molecule has 0 saturated carbocycles. The van der Waals surface area contributed by atoms with E-state index in [1.807, 2.05) is 0 Å². The van der Waals surface area contributed by atoms with Gasteiger partial charge in [0.1, 0.15) is 0 Å². The summed E-state index contributed by atoms with van der Waals surface area (Å²) < 4.78 is 26.2. The fourth-order valence-corrected chi connectivity index (χ4v) is 2.83. The molecule has 0 aromatic heterocycles. The van der Waals surface area contributed by atoms with Gasteiger partial charge in [0, 0.05) is 6.07 Å². The fourth-order valence-electron chi connectivity index (χ4n) is 1.26. The molecule has 0 spiro atoms. The average molecular weight is 217 g/mol. The third-order valence-corrected chi connectivity index (χ3v) is 3.52. The molecule has 2 aliphatic rings. The highest BCUT2D eigenvalue weighted by atomic mass is 32.1. The van der Waals surface area contributed by atoms with Crippen LogP contribution in [0.25, 0.3) is 0 Å². The molecule has 7 heteroatoms. The number of thiol groups is 1. The van der Waals surface area contributed by atoms with Crippen molar-refractivity contribution in [2.24, 2.45) is 0 Å². The first-order valence-corrected chi connectivity index (χ1v) is 5.34. The van der Waals surface area contributed by atoms with Gasteiger partial charge in [-0.15, -0.1) is 12.6 Å². The lowest BCUT2D eigenvalue weighted by molar-refractivity contribution is 0.352. The average Bonchev–Trinajstić information content (AvgIpc) is 2.53. The van der Waals surface area contributed by atoms with Crippen molar-refractivity contribution in [3.8, 4) is 17.2 Å². The van der Waals surface area contributed by atoms with Gasteiger partial charge in [-0.3, -0.25) is 0 Å². The normalized spacial score (nSPS) is 26.5. The minimum atomic E-state index is -3.40. The maximum atomic E-state index is 11.4. The summed E-state index contributed by atoms with van der Waals surface area (Å²) in [6.07, 6.45) is 0. The molecule has 0 amide bonds. The summed E-state index contributed by atoms with van der Waals surface area (Å²) in [6, 6.07) is 1.52. The summed E-state index contributed by atoms with van der Waals surface area (Å²) in [6.45, 7) is 0. The van der Waals surface area contributed by atoms with E-state index in [0.717, 1.165) is 0 Å². The van der Waals surface area contributed by atoms with E-state index in [9.17, 15) is 4.57 Å². The lowest BCUT2D eigenvalue weighted by atomic mass is 10.2. The minimum absolute atomic E-state index is 0.313. The van der Waals surface area contributed by atoms with E-state index in [2.05, 4.69) is 12.6 Å². The summed E-state index contributed by atoms with van der Waals surface area (Å²) in [5.41, 5.74) is 5.99. The van der Waals surface area contributed by atoms with Crippen LogP contribution in [0, 0.1) is 0 Å². The predicted octanol–water partition coefficient (Wildman–Crippen LogP) is 1.83. The Morgan fingerprint density at radius 2 is 2.00 bits per heavy atom. The smallest absolute Gasteiger partial charge is 0.398 e.